The fourth-order valence-electron chi connectivity index (χ4n) is 4.10. The first-order valence-corrected chi connectivity index (χ1v) is 11.2. The molecule has 1 unspecified atom stereocenters. The number of urea groups is 1. The molecular formula is C22H23F3N4O2S. The van der Waals surface area contributed by atoms with E-state index in [1.165, 1.54) is 35.6 Å². The highest BCUT2D eigenvalue weighted by molar-refractivity contribution is 8.00. The van der Waals surface area contributed by atoms with Crippen LogP contribution in [0.15, 0.2) is 47.6 Å². The van der Waals surface area contributed by atoms with Crippen LogP contribution in [0.5, 0.6) is 0 Å². The minimum atomic E-state index is -4.40. The Bertz CT molecular complexity index is 993. The van der Waals surface area contributed by atoms with E-state index in [9.17, 15) is 22.8 Å². The topological polar surface area (TPSA) is 56.8 Å². The van der Waals surface area contributed by atoms with E-state index in [4.69, 9.17) is 0 Å². The number of amides is 3. The fraction of sp³-hybridized carbons (Fsp3) is 0.409. The molecule has 170 valence electrons. The molecule has 0 N–H and O–H groups in total. The number of carbonyl (C=O) groups is 2. The number of benzene rings is 1. The van der Waals surface area contributed by atoms with Crippen LogP contribution in [-0.4, -0.2) is 46.5 Å². The van der Waals surface area contributed by atoms with Crippen molar-refractivity contribution < 1.29 is 22.8 Å². The number of nitrogens with zero attached hydrogens (tertiary/aromatic N) is 4. The molecule has 1 aromatic carbocycles. The van der Waals surface area contributed by atoms with Gasteiger partial charge in [0.1, 0.15) is 6.04 Å². The normalized spacial score (nSPS) is 19.8. The molecule has 2 aromatic rings. The lowest BCUT2D eigenvalue weighted by Crippen LogP contribution is -2.35. The average molecular weight is 465 g/mol. The van der Waals surface area contributed by atoms with E-state index in [2.05, 4.69) is 9.88 Å². The van der Waals surface area contributed by atoms with Crippen LogP contribution in [0, 0.1) is 0 Å². The Morgan fingerprint density at radius 3 is 2.41 bits per heavy atom. The Morgan fingerprint density at radius 2 is 1.75 bits per heavy atom. The standard InChI is InChI=1S/C22H23F3N4O2S/c1-15-20(30)29(17-5-7-18(8-6-17)32-22(23,24)25)21(31)28(15)14-16-9-10-26-13-19(16)27-11-3-2-4-12-27/h5-10,13,15H,2-4,11-12,14H2,1H3. The zero-order chi connectivity index (χ0) is 22.9. The zero-order valence-corrected chi connectivity index (χ0v) is 18.3. The largest absolute Gasteiger partial charge is 0.446 e. The number of carbonyl (C=O) groups excluding carboxylic acids is 2. The quantitative estimate of drug-likeness (QED) is 0.458. The van der Waals surface area contributed by atoms with Crippen LogP contribution < -0.4 is 9.80 Å². The maximum Gasteiger partial charge on any atom is 0.446 e. The summed E-state index contributed by atoms with van der Waals surface area (Å²) < 4.78 is 37.7. The molecule has 0 saturated carbocycles. The van der Waals surface area contributed by atoms with Crippen LogP contribution in [-0.2, 0) is 11.3 Å². The summed E-state index contributed by atoms with van der Waals surface area (Å²) in [4.78, 5) is 35.0. The molecule has 3 amide bonds. The summed E-state index contributed by atoms with van der Waals surface area (Å²) in [7, 11) is 0. The van der Waals surface area contributed by atoms with Gasteiger partial charge in [0, 0.05) is 24.2 Å². The van der Waals surface area contributed by atoms with Gasteiger partial charge in [0.2, 0.25) is 0 Å². The molecule has 10 heteroatoms. The summed E-state index contributed by atoms with van der Waals surface area (Å²) in [5, 5.41) is 0. The molecule has 0 radical (unpaired) electrons. The van der Waals surface area contributed by atoms with Gasteiger partial charge in [0.15, 0.2) is 0 Å². The smallest absolute Gasteiger partial charge is 0.370 e. The van der Waals surface area contributed by atoms with Gasteiger partial charge in [0.05, 0.1) is 24.1 Å². The number of pyridine rings is 1. The van der Waals surface area contributed by atoms with Crippen LogP contribution >= 0.6 is 11.8 Å². The molecule has 0 aliphatic carbocycles. The first-order valence-electron chi connectivity index (χ1n) is 10.4. The number of imide groups is 1. The lowest BCUT2D eigenvalue weighted by molar-refractivity contribution is -0.119. The minimum Gasteiger partial charge on any atom is -0.370 e. The Hall–Kier alpha value is -2.75. The van der Waals surface area contributed by atoms with E-state index < -0.39 is 23.5 Å². The Balaban J connectivity index is 1.54. The van der Waals surface area contributed by atoms with E-state index in [0.29, 0.717) is 0 Å². The molecule has 0 spiro atoms. The number of piperidine rings is 1. The maximum atomic E-state index is 13.1. The lowest BCUT2D eigenvalue weighted by Gasteiger charge is -2.31. The summed E-state index contributed by atoms with van der Waals surface area (Å²) in [5.41, 5.74) is -2.27. The third-order valence-corrected chi connectivity index (χ3v) is 6.48. The van der Waals surface area contributed by atoms with Gasteiger partial charge < -0.3 is 9.80 Å². The predicted octanol–water partition coefficient (Wildman–Crippen LogP) is 5.04. The number of thioether (sulfide) groups is 1. The molecule has 4 rings (SSSR count). The second-order valence-corrected chi connectivity index (χ2v) is 8.99. The van der Waals surface area contributed by atoms with E-state index in [0.717, 1.165) is 42.1 Å². The van der Waals surface area contributed by atoms with Gasteiger partial charge in [-0.25, -0.2) is 9.69 Å². The van der Waals surface area contributed by atoms with Crippen molar-refractivity contribution in [2.24, 2.45) is 0 Å². The number of hydrogen-bond donors (Lipinski definition) is 0. The average Bonchev–Trinajstić information content (AvgIpc) is 2.97. The lowest BCUT2D eigenvalue weighted by atomic mass is 10.1. The summed E-state index contributed by atoms with van der Waals surface area (Å²) in [6.07, 6.45) is 6.86. The monoisotopic (exact) mass is 464 g/mol. The highest BCUT2D eigenvalue weighted by atomic mass is 32.2. The van der Waals surface area contributed by atoms with Crippen LogP contribution in [0.1, 0.15) is 31.7 Å². The molecule has 32 heavy (non-hydrogen) atoms. The maximum absolute atomic E-state index is 13.1. The molecular weight excluding hydrogens is 441 g/mol. The summed E-state index contributed by atoms with van der Waals surface area (Å²) in [6, 6.07) is 5.95. The first-order chi connectivity index (χ1) is 15.2. The summed E-state index contributed by atoms with van der Waals surface area (Å²) in [6.45, 7) is 3.76. The molecule has 1 aromatic heterocycles. The van der Waals surface area contributed by atoms with Crippen LogP contribution in [0.3, 0.4) is 0 Å². The molecule has 2 aliphatic rings. The molecule has 2 fully saturated rings. The Kier molecular flexibility index (Phi) is 6.32. The number of halogens is 3. The number of aromatic nitrogens is 1. The molecule has 3 heterocycles. The molecule has 6 nitrogen and oxygen atoms in total. The van der Waals surface area contributed by atoms with Gasteiger partial charge in [-0.15, -0.1) is 0 Å². The van der Waals surface area contributed by atoms with Crippen LogP contribution in [0.2, 0.25) is 0 Å². The highest BCUT2D eigenvalue weighted by Gasteiger charge is 2.43. The van der Waals surface area contributed by atoms with Gasteiger partial charge in [-0.1, -0.05) is 0 Å². The minimum absolute atomic E-state index is 0.00629. The van der Waals surface area contributed by atoms with Crippen molar-refractivity contribution in [3.05, 3.63) is 48.3 Å². The van der Waals surface area contributed by atoms with E-state index >= 15 is 0 Å². The van der Waals surface area contributed by atoms with Crippen molar-refractivity contribution >= 4 is 35.1 Å². The molecule has 2 aliphatic heterocycles. The number of hydrogen-bond acceptors (Lipinski definition) is 5. The van der Waals surface area contributed by atoms with Crippen molar-refractivity contribution in [3.63, 3.8) is 0 Å². The third kappa shape index (κ3) is 4.69. The third-order valence-electron chi connectivity index (χ3n) is 5.74. The fourth-order valence-corrected chi connectivity index (χ4v) is 4.64. The van der Waals surface area contributed by atoms with Gasteiger partial charge >= 0.3 is 11.5 Å². The summed E-state index contributed by atoms with van der Waals surface area (Å²) in [5.74, 6) is -0.403. The zero-order valence-electron chi connectivity index (χ0n) is 17.5. The predicted molar refractivity (Wildman–Crippen MR) is 117 cm³/mol. The van der Waals surface area contributed by atoms with Crippen molar-refractivity contribution in [3.8, 4) is 0 Å². The van der Waals surface area contributed by atoms with Gasteiger partial charge in [0.25, 0.3) is 5.91 Å². The van der Waals surface area contributed by atoms with Gasteiger partial charge in [-0.2, -0.15) is 13.2 Å². The van der Waals surface area contributed by atoms with Crippen LogP contribution in [0.4, 0.5) is 29.3 Å². The number of rotatable bonds is 5. The van der Waals surface area contributed by atoms with Crippen molar-refractivity contribution in [1.29, 1.82) is 0 Å². The highest BCUT2D eigenvalue weighted by Crippen LogP contribution is 2.38. The van der Waals surface area contributed by atoms with Gasteiger partial charge in [-0.05, 0) is 73.8 Å². The summed E-state index contributed by atoms with van der Waals surface area (Å²) >= 11 is -0.238. The first kappa shape index (κ1) is 22.4. The molecule has 2 saturated heterocycles. The van der Waals surface area contributed by atoms with Crippen molar-refractivity contribution in [2.45, 2.75) is 49.2 Å². The van der Waals surface area contributed by atoms with Crippen LogP contribution in [0.25, 0.3) is 0 Å². The van der Waals surface area contributed by atoms with Crippen molar-refractivity contribution in [1.82, 2.24) is 9.88 Å². The molecule has 1 atom stereocenters. The SMILES string of the molecule is CC1C(=O)N(c2ccc(SC(F)(F)F)cc2)C(=O)N1Cc1ccncc1N1CCCCC1. The van der Waals surface area contributed by atoms with E-state index in [1.807, 2.05) is 6.07 Å². The second kappa shape index (κ2) is 9.01. The van der Waals surface area contributed by atoms with Crippen molar-refractivity contribution in [2.75, 3.05) is 22.9 Å². The Morgan fingerprint density at radius 1 is 1.06 bits per heavy atom. The van der Waals surface area contributed by atoms with E-state index in [1.54, 1.807) is 19.3 Å². The van der Waals surface area contributed by atoms with Gasteiger partial charge in [-0.3, -0.25) is 9.78 Å². The molecule has 0 bridgehead atoms. The second-order valence-electron chi connectivity index (χ2n) is 7.85. The van der Waals surface area contributed by atoms with E-state index in [-0.39, 0.29) is 28.9 Å². The Labute approximate surface area is 188 Å². The number of alkyl halides is 3. The number of anilines is 2.